The minimum atomic E-state index is 0.128. The monoisotopic (exact) mass is 593 g/mol. The molecule has 0 radical (unpaired) electrons. The number of para-hydroxylation sites is 1. The van der Waals surface area contributed by atoms with Crippen molar-refractivity contribution >= 4 is 34.1 Å². The fourth-order valence-electron chi connectivity index (χ4n) is 5.10. The summed E-state index contributed by atoms with van der Waals surface area (Å²) in [6.45, 7) is 6.83. The first kappa shape index (κ1) is 29.7. The normalized spacial score (nSPS) is 14.8. The molecule has 216 valence electrons. The Morgan fingerprint density at radius 3 is 2.05 bits per heavy atom. The van der Waals surface area contributed by atoms with Gasteiger partial charge in [0.05, 0.1) is 36.7 Å². The van der Waals surface area contributed by atoms with E-state index in [0.29, 0.717) is 32.2 Å². The van der Waals surface area contributed by atoms with Crippen LogP contribution >= 0.6 is 23.2 Å². The fourth-order valence-corrected chi connectivity index (χ4v) is 5.36. The zero-order valence-corrected chi connectivity index (χ0v) is 25.2. The molecule has 1 fully saturated rings. The number of nitrogens with zero attached hydrogens (tertiary/aromatic N) is 5. The number of aromatic nitrogens is 2. The van der Waals surface area contributed by atoms with Crippen LogP contribution in [-0.2, 0) is 11.3 Å². The molecular formula is C32H37Cl2N5O2. The first-order chi connectivity index (χ1) is 20.0. The standard InChI is InChI=1S/C32H37Cl2N5O2/c1-37(2)19-20-40-21-22-41-32-28-5-3-4-6-29(28)35-30(36-32)23-38-15-17-39(18-16-38)31(24-7-11-26(33)12-8-24)25-9-13-27(34)14-10-25/h3-14,31H,15-23H2,1-2H3. The molecule has 1 aliphatic heterocycles. The molecule has 3 aromatic carbocycles. The molecule has 0 saturated carbocycles. The number of halogens is 2. The molecule has 1 aliphatic rings. The third-order valence-corrected chi connectivity index (χ3v) is 7.78. The number of piperazine rings is 1. The van der Waals surface area contributed by atoms with E-state index in [-0.39, 0.29) is 6.04 Å². The third-order valence-electron chi connectivity index (χ3n) is 7.27. The third kappa shape index (κ3) is 8.16. The highest BCUT2D eigenvalue weighted by atomic mass is 35.5. The molecule has 0 amide bonds. The van der Waals surface area contributed by atoms with Gasteiger partial charge in [-0.05, 0) is 61.6 Å². The zero-order chi connectivity index (χ0) is 28.6. The number of hydrogen-bond acceptors (Lipinski definition) is 7. The summed E-state index contributed by atoms with van der Waals surface area (Å²) in [6, 6.07) is 24.5. The Hall–Kier alpha value is -2.78. The van der Waals surface area contributed by atoms with Gasteiger partial charge < -0.3 is 14.4 Å². The van der Waals surface area contributed by atoms with Crippen molar-refractivity contribution in [2.45, 2.75) is 12.6 Å². The molecule has 9 heteroatoms. The molecule has 1 saturated heterocycles. The van der Waals surface area contributed by atoms with Gasteiger partial charge in [-0.25, -0.2) is 4.98 Å². The van der Waals surface area contributed by atoms with E-state index in [1.54, 1.807) is 0 Å². The summed E-state index contributed by atoms with van der Waals surface area (Å²) in [5.41, 5.74) is 3.33. The fraction of sp³-hybridized carbons (Fsp3) is 0.375. The van der Waals surface area contributed by atoms with Crippen LogP contribution in [0.1, 0.15) is 23.0 Å². The summed E-state index contributed by atoms with van der Waals surface area (Å²) in [7, 11) is 4.07. The first-order valence-corrected chi connectivity index (χ1v) is 14.8. The maximum atomic E-state index is 6.20. The van der Waals surface area contributed by atoms with Gasteiger partial charge in [0.1, 0.15) is 12.4 Å². The van der Waals surface area contributed by atoms with E-state index in [1.165, 1.54) is 11.1 Å². The summed E-state index contributed by atoms with van der Waals surface area (Å²) in [4.78, 5) is 16.7. The summed E-state index contributed by atoms with van der Waals surface area (Å²) in [5, 5.41) is 2.40. The summed E-state index contributed by atoms with van der Waals surface area (Å²) in [5.74, 6) is 1.39. The van der Waals surface area contributed by atoms with E-state index in [4.69, 9.17) is 42.6 Å². The Bertz CT molecular complexity index is 1350. The van der Waals surface area contributed by atoms with Crippen LogP contribution in [0.4, 0.5) is 0 Å². The number of hydrogen-bond donors (Lipinski definition) is 0. The van der Waals surface area contributed by atoms with Gasteiger partial charge in [-0.3, -0.25) is 9.80 Å². The van der Waals surface area contributed by atoms with Crippen LogP contribution < -0.4 is 4.74 Å². The molecule has 0 N–H and O–H groups in total. The average molecular weight is 595 g/mol. The second-order valence-electron chi connectivity index (χ2n) is 10.5. The van der Waals surface area contributed by atoms with Crippen molar-refractivity contribution in [3.05, 3.63) is 99.8 Å². The van der Waals surface area contributed by atoms with E-state index >= 15 is 0 Å². The van der Waals surface area contributed by atoms with Crippen molar-refractivity contribution < 1.29 is 9.47 Å². The van der Waals surface area contributed by atoms with Gasteiger partial charge in [-0.2, -0.15) is 4.98 Å². The van der Waals surface area contributed by atoms with Gasteiger partial charge in [0.2, 0.25) is 5.88 Å². The Balaban J connectivity index is 1.24. The van der Waals surface area contributed by atoms with Gasteiger partial charge in [-0.15, -0.1) is 0 Å². The van der Waals surface area contributed by atoms with E-state index in [0.717, 1.165) is 59.5 Å². The molecule has 7 nitrogen and oxygen atoms in total. The van der Waals surface area contributed by atoms with E-state index in [2.05, 4.69) is 39.0 Å². The summed E-state index contributed by atoms with van der Waals surface area (Å²) in [6.07, 6.45) is 0. The van der Waals surface area contributed by atoms with Crippen LogP contribution in [0.25, 0.3) is 10.9 Å². The molecule has 0 unspecified atom stereocenters. The Morgan fingerprint density at radius 2 is 1.41 bits per heavy atom. The first-order valence-electron chi connectivity index (χ1n) is 14.0. The lowest BCUT2D eigenvalue weighted by atomic mass is 9.96. The quantitative estimate of drug-likeness (QED) is 0.192. The lowest BCUT2D eigenvalue weighted by molar-refractivity contribution is 0.0875. The number of likely N-dealkylation sites (N-methyl/N-ethyl adjacent to an activating group) is 1. The van der Waals surface area contributed by atoms with Crippen molar-refractivity contribution in [3.63, 3.8) is 0 Å². The van der Waals surface area contributed by atoms with Gasteiger partial charge in [0.25, 0.3) is 0 Å². The highest BCUT2D eigenvalue weighted by Crippen LogP contribution is 2.31. The van der Waals surface area contributed by atoms with E-state index < -0.39 is 0 Å². The number of rotatable bonds is 12. The van der Waals surface area contributed by atoms with Crippen molar-refractivity contribution in [1.82, 2.24) is 24.7 Å². The minimum Gasteiger partial charge on any atom is -0.475 e. The topological polar surface area (TPSA) is 54.0 Å². The van der Waals surface area contributed by atoms with Gasteiger partial charge in [-0.1, -0.05) is 59.6 Å². The average Bonchev–Trinajstić information content (AvgIpc) is 2.97. The van der Waals surface area contributed by atoms with E-state index in [1.807, 2.05) is 62.6 Å². The molecular weight excluding hydrogens is 557 g/mol. The SMILES string of the molecule is CN(C)CCOCCOc1nc(CN2CCN(C(c3ccc(Cl)cc3)c3ccc(Cl)cc3)CC2)nc2ccccc12. The molecule has 41 heavy (non-hydrogen) atoms. The molecule has 2 heterocycles. The van der Waals surface area contributed by atoms with Crippen LogP contribution in [-0.4, -0.2) is 91.3 Å². The van der Waals surface area contributed by atoms with Crippen LogP contribution in [0.2, 0.25) is 10.0 Å². The van der Waals surface area contributed by atoms with E-state index in [9.17, 15) is 0 Å². The van der Waals surface area contributed by atoms with Crippen molar-refractivity contribution in [2.75, 3.05) is 66.6 Å². The Labute approximate surface area is 252 Å². The zero-order valence-electron chi connectivity index (χ0n) is 23.7. The van der Waals surface area contributed by atoms with Crippen molar-refractivity contribution in [2.24, 2.45) is 0 Å². The molecule has 0 atom stereocenters. The molecule has 5 rings (SSSR count). The van der Waals surface area contributed by atoms with Crippen LogP contribution in [0.5, 0.6) is 5.88 Å². The highest BCUT2D eigenvalue weighted by Gasteiger charge is 2.27. The van der Waals surface area contributed by atoms with Gasteiger partial charge >= 0.3 is 0 Å². The predicted octanol–water partition coefficient (Wildman–Crippen LogP) is 5.80. The second kappa shape index (κ2) is 14.4. The number of ether oxygens (including phenoxy) is 2. The Morgan fingerprint density at radius 1 is 0.780 bits per heavy atom. The summed E-state index contributed by atoms with van der Waals surface area (Å²) >= 11 is 12.4. The lowest BCUT2D eigenvalue weighted by Crippen LogP contribution is -2.47. The summed E-state index contributed by atoms with van der Waals surface area (Å²) < 4.78 is 11.8. The molecule has 4 aromatic rings. The molecule has 0 spiro atoms. The van der Waals surface area contributed by atoms with Gasteiger partial charge in [0.15, 0.2) is 0 Å². The number of fused-ring (bicyclic) bond motifs is 1. The predicted molar refractivity (Wildman–Crippen MR) is 166 cm³/mol. The molecule has 1 aromatic heterocycles. The van der Waals surface area contributed by atoms with Crippen molar-refractivity contribution in [1.29, 1.82) is 0 Å². The maximum Gasteiger partial charge on any atom is 0.224 e. The maximum absolute atomic E-state index is 6.20. The largest absolute Gasteiger partial charge is 0.475 e. The second-order valence-corrected chi connectivity index (χ2v) is 11.4. The van der Waals surface area contributed by atoms with Gasteiger partial charge in [0, 0.05) is 42.8 Å². The molecule has 0 bridgehead atoms. The lowest BCUT2D eigenvalue weighted by Gasteiger charge is -2.39. The smallest absolute Gasteiger partial charge is 0.224 e. The highest BCUT2D eigenvalue weighted by molar-refractivity contribution is 6.30. The Kier molecular flexibility index (Phi) is 10.4. The minimum absolute atomic E-state index is 0.128. The van der Waals surface area contributed by atoms with Crippen LogP contribution in [0, 0.1) is 0 Å². The molecule has 0 aliphatic carbocycles. The van der Waals surface area contributed by atoms with Crippen LogP contribution in [0.3, 0.4) is 0 Å². The van der Waals surface area contributed by atoms with Crippen molar-refractivity contribution in [3.8, 4) is 5.88 Å². The number of benzene rings is 3. The van der Waals surface area contributed by atoms with Crippen LogP contribution in [0.15, 0.2) is 72.8 Å².